The number of hydrogen-bond acceptors (Lipinski definition) is 7. The van der Waals surface area contributed by atoms with Gasteiger partial charge in [0, 0.05) is 24.3 Å². The summed E-state index contributed by atoms with van der Waals surface area (Å²) in [5.74, 6) is -0.0684. The number of anilines is 1. The maximum atomic E-state index is 10.4. The minimum atomic E-state index is -1.48. The summed E-state index contributed by atoms with van der Waals surface area (Å²) in [6.07, 6.45) is -4.75. The Morgan fingerprint density at radius 3 is 2.52 bits per heavy atom. The van der Waals surface area contributed by atoms with E-state index < -0.39 is 37.1 Å². The lowest BCUT2D eigenvalue weighted by molar-refractivity contribution is -0.232. The number of likely N-dealkylation sites (N-methyl/N-ethyl adjacent to an activating group) is 1. The molecule has 0 radical (unpaired) electrons. The van der Waals surface area contributed by atoms with Crippen molar-refractivity contribution in [2.24, 2.45) is 0 Å². The number of fused-ring (bicyclic) bond motifs is 1. The quantitative estimate of drug-likeness (QED) is 0.507. The predicted octanol–water partition coefficient (Wildman–Crippen LogP) is 0.511. The van der Waals surface area contributed by atoms with Gasteiger partial charge in [0.1, 0.15) is 36.3 Å². The molecule has 2 aromatic rings. The van der Waals surface area contributed by atoms with Crippen LogP contribution in [0.3, 0.4) is 0 Å². The molecular formula is C22H27NO6. The van der Waals surface area contributed by atoms with Crippen molar-refractivity contribution in [2.45, 2.75) is 49.4 Å². The largest absolute Gasteiger partial charge is 0.508 e. The molecule has 1 unspecified atom stereocenters. The lowest BCUT2D eigenvalue weighted by Crippen LogP contribution is -2.55. The van der Waals surface area contributed by atoms with Crippen LogP contribution in [-0.4, -0.2) is 69.6 Å². The van der Waals surface area contributed by atoms with Gasteiger partial charge in [-0.3, -0.25) is 0 Å². The van der Waals surface area contributed by atoms with Crippen LogP contribution in [0.15, 0.2) is 42.5 Å². The molecule has 4 rings (SSSR count). The zero-order valence-corrected chi connectivity index (χ0v) is 16.2. The molecule has 1 saturated heterocycles. The lowest BCUT2D eigenvalue weighted by atomic mass is 9.89. The highest BCUT2D eigenvalue weighted by atomic mass is 16.5. The van der Waals surface area contributed by atoms with Gasteiger partial charge in [-0.25, -0.2) is 0 Å². The molecular weight excluding hydrogens is 374 g/mol. The van der Waals surface area contributed by atoms with Crippen molar-refractivity contribution in [1.82, 2.24) is 0 Å². The predicted molar refractivity (Wildman–Crippen MR) is 107 cm³/mol. The van der Waals surface area contributed by atoms with Gasteiger partial charge in [0.05, 0.1) is 6.61 Å². The van der Waals surface area contributed by atoms with Gasteiger partial charge < -0.3 is 35.2 Å². The Kier molecular flexibility index (Phi) is 5.50. The van der Waals surface area contributed by atoms with Crippen LogP contribution in [0, 0.1) is 0 Å². The molecule has 2 aromatic carbocycles. The monoisotopic (exact) mass is 401 g/mol. The number of nitrogens with zero attached hydrogens (tertiary/aromatic N) is 1. The van der Waals surface area contributed by atoms with E-state index in [4.69, 9.17) is 4.74 Å². The van der Waals surface area contributed by atoms with Gasteiger partial charge >= 0.3 is 0 Å². The summed E-state index contributed by atoms with van der Waals surface area (Å²) in [6, 6.07) is 13.7. The zero-order valence-electron chi connectivity index (χ0n) is 16.2. The first-order chi connectivity index (χ1) is 13.9. The molecule has 156 valence electrons. The molecule has 6 atom stereocenters. The number of ether oxygens (including phenoxy) is 1. The third-order valence-corrected chi connectivity index (χ3v) is 6.14. The number of phenols is 1. The summed E-state index contributed by atoms with van der Waals surface area (Å²) in [6.45, 7) is -0.507. The topological polar surface area (TPSA) is 114 Å². The fraction of sp³-hybridized carbons (Fsp3) is 0.455. The van der Waals surface area contributed by atoms with Crippen molar-refractivity contribution >= 4 is 5.69 Å². The lowest BCUT2D eigenvalue weighted by Gasteiger charge is -2.40. The Hall–Kier alpha value is -2.16. The van der Waals surface area contributed by atoms with Crippen molar-refractivity contribution in [3.05, 3.63) is 59.2 Å². The Morgan fingerprint density at radius 2 is 1.79 bits per heavy atom. The first-order valence-corrected chi connectivity index (χ1v) is 9.83. The second-order valence-corrected chi connectivity index (χ2v) is 7.94. The van der Waals surface area contributed by atoms with E-state index in [1.165, 1.54) is 11.3 Å². The standard InChI is InChI=1S/C22H27NO6/c1-23-14(10-13-4-2-3-5-16(13)23)8-12-6-7-17(25)15(9-12)22-21(28)20(27)19(26)18(11-24)29-22/h2-7,9,14,18-22,24-28H,8,10-11H2,1H3/t14?,18-,19-,20+,21-,22+/m1/s1. The van der Waals surface area contributed by atoms with Crippen LogP contribution in [0.2, 0.25) is 0 Å². The average molecular weight is 401 g/mol. The summed E-state index contributed by atoms with van der Waals surface area (Å²) in [5.41, 5.74) is 3.80. The number of para-hydroxylation sites is 1. The molecule has 2 heterocycles. The van der Waals surface area contributed by atoms with Gasteiger partial charge in [0.25, 0.3) is 0 Å². The summed E-state index contributed by atoms with van der Waals surface area (Å²) in [7, 11) is 2.06. The van der Waals surface area contributed by atoms with Crippen LogP contribution >= 0.6 is 0 Å². The van der Waals surface area contributed by atoms with Crippen molar-refractivity contribution in [3.63, 3.8) is 0 Å². The highest BCUT2D eigenvalue weighted by Crippen LogP contribution is 2.38. The Bertz CT molecular complexity index is 872. The smallest absolute Gasteiger partial charge is 0.121 e. The summed E-state index contributed by atoms with van der Waals surface area (Å²) in [4.78, 5) is 2.25. The molecule has 0 aromatic heterocycles. The van der Waals surface area contributed by atoms with Gasteiger partial charge in [0.15, 0.2) is 0 Å². The summed E-state index contributed by atoms with van der Waals surface area (Å²) < 4.78 is 5.61. The molecule has 2 aliphatic rings. The minimum Gasteiger partial charge on any atom is -0.508 e. The molecule has 0 saturated carbocycles. The third kappa shape index (κ3) is 3.60. The molecule has 0 amide bonds. The summed E-state index contributed by atoms with van der Waals surface area (Å²) in [5, 5.41) is 50.2. The number of rotatable bonds is 4. The number of hydrogen-bond donors (Lipinski definition) is 5. The first-order valence-electron chi connectivity index (χ1n) is 9.83. The normalized spacial score (nSPS) is 31.7. The molecule has 7 nitrogen and oxygen atoms in total. The van der Waals surface area contributed by atoms with Crippen molar-refractivity contribution in [3.8, 4) is 5.75 Å². The molecule has 0 aliphatic carbocycles. The molecule has 29 heavy (non-hydrogen) atoms. The van der Waals surface area contributed by atoms with E-state index in [0.29, 0.717) is 5.56 Å². The number of aliphatic hydroxyl groups is 4. The molecule has 1 fully saturated rings. The van der Waals surface area contributed by atoms with Crippen LogP contribution in [-0.2, 0) is 17.6 Å². The van der Waals surface area contributed by atoms with E-state index >= 15 is 0 Å². The van der Waals surface area contributed by atoms with Gasteiger partial charge in [0.2, 0.25) is 0 Å². The SMILES string of the molecule is CN1c2ccccc2CC1Cc1ccc(O)c([C@@H]2O[C@H](CO)[C@@H](O)[C@H](O)[C@H]2O)c1. The highest BCUT2D eigenvalue weighted by Gasteiger charge is 2.44. The molecule has 5 N–H and O–H groups in total. The minimum absolute atomic E-state index is 0.0684. The fourth-order valence-corrected chi connectivity index (χ4v) is 4.41. The highest BCUT2D eigenvalue weighted by molar-refractivity contribution is 5.59. The maximum absolute atomic E-state index is 10.4. The molecule has 0 spiro atoms. The average Bonchev–Trinajstić information content (AvgIpc) is 3.04. The number of benzene rings is 2. The number of aromatic hydroxyl groups is 1. The molecule has 0 bridgehead atoms. The van der Waals surface area contributed by atoms with E-state index in [2.05, 4.69) is 24.1 Å². The van der Waals surface area contributed by atoms with Crippen molar-refractivity contribution in [1.29, 1.82) is 0 Å². The number of aliphatic hydroxyl groups excluding tert-OH is 4. The van der Waals surface area contributed by atoms with Crippen molar-refractivity contribution in [2.75, 3.05) is 18.6 Å². The van der Waals surface area contributed by atoms with Crippen LogP contribution < -0.4 is 4.90 Å². The van der Waals surface area contributed by atoms with E-state index in [9.17, 15) is 25.5 Å². The maximum Gasteiger partial charge on any atom is 0.121 e. The van der Waals surface area contributed by atoms with Gasteiger partial charge in [-0.2, -0.15) is 0 Å². The van der Waals surface area contributed by atoms with Gasteiger partial charge in [-0.1, -0.05) is 24.3 Å². The zero-order chi connectivity index (χ0) is 20.7. The van der Waals surface area contributed by atoms with E-state index in [1.807, 2.05) is 18.2 Å². The second-order valence-electron chi connectivity index (χ2n) is 7.94. The van der Waals surface area contributed by atoms with Crippen LogP contribution in [0.25, 0.3) is 0 Å². The van der Waals surface area contributed by atoms with Crippen molar-refractivity contribution < 1.29 is 30.3 Å². The van der Waals surface area contributed by atoms with Crippen LogP contribution in [0.4, 0.5) is 5.69 Å². The third-order valence-electron chi connectivity index (χ3n) is 6.14. The van der Waals surface area contributed by atoms with Gasteiger partial charge in [-0.15, -0.1) is 0 Å². The second kappa shape index (κ2) is 7.93. The number of phenolic OH excluding ortho intramolecular Hbond substituents is 1. The summed E-state index contributed by atoms with van der Waals surface area (Å²) >= 11 is 0. The van der Waals surface area contributed by atoms with Crippen LogP contribution in [0.5, 0.6) is 5.75 Å². The molecule has 7 heteroatoms. The fourth-order valence-electron chi connectivity index (χ4n) is 4.41. The Morgan fingerprint density at radius 1 is 1.03 bits per heavy atom. The Balaban J connectivity index is 1.57. The van der Waals surface area contributed by atoms with Gasteiger partial charge in [-0.05, 0) is 42.2 Å². The van der Waals surface area contributed by atoms with E-state index in [1.54, 1.807) is 12.1 Å². The molecule has 2 aliphatic heterocycles. The first kappa shape index (κ1) is 20.1. The van der Waals surface area contributed by atoms with Crippen LogP contribution in [0.1, 0.15) is 22.8 Å². The Labute approximate surface area is 169 Å². The van der Waals surface area contributed by atoms with E-state index in [0.717, 1.165) is 18.4 Å². The van der Waals surface area contributed by atoms with E-state index in [-0.39, 0.29) is 11.8 Å².